The maximum absolute atomic E-state index is 13.1. The maximum atomic E-state index is 13.1. The van der Waals surface area contributed by atoms with Gasteiger partial charge in [0.1, 0.15) is 10.6 Å². The number of likely N-dealkylation sites (tertiary alicyclic amines) is 1. The van der Waals surface area contributed by atoms with E-state index in [9.17, 15) is 13.2 Å². The van der Waals surface area contributed by atoms with E-state index in [4.69, 9.17) is 4.74 Å². The Morgan fingerprint density at radius 1 is 1.10 bits per heavy atom. The number of piperidine rings is 1. The van der Waals surface area contributed by atoms with Crippen molar-refractivity contribution in [3.05, 3.63) is 59.7 Å². The van der Waals surface area contributed by atoms with E-state index >= 15 is 0 Å². The van der Waals surface area contributed by atoms with Crippen molar-refractivity contribution in [2.45, 2.75) is 30.2 Å². The number of para-hydroxylation sites is 1. The minimum absolute atomic E-state index is 0.00357. The van der Waals surface area contributed by atoms with Crippen molar-refractivity contribution in [1.82, 2.24) is 10.2 Å². The van der Waals surface area contributed by atoms with Crippen molar-refractivity contribution >= 4 is 21.8 Å². The Balaban J connectivity index is 1.33. The zero-order chi connectivity index (χ0) is 20.7. The van der Waals surface area contributed by atoms with Gasteiger partial charge in [-0.1, -0.05) is 30.3 Å². The number of nitrogens with one attached hydrogen (secondary N) is 1. The van der Waals surface area contributed by atoms with Crippen LogP contribution in [0.3, 0.4) is 0 Å². The van der Waals surface area contributed by atoms with Gasteiger partial charge in [0.05, 0.1) is 18.6 Å². The van der Waals surface area contributed by atoms with E-state index in [1.807, 2.05) is 35.2 Å². The number of sulfonamides is 1. The molecule has 0 saturated carbocycles. The Hall–Kier alpha value is -2.87. The van der Waals surface area contributed by atoms with Crippen LogP contribution in [0.1, 0.15) is 36.4 Å². The number of carbonyl (C=O) groups is 1. The van der Waals surface area contributed by atoms with Gasteiger partial charge in [0, 0.05) is 30.6 Å². The Bertz CT molecular complexity index is 1130. The first-order valence-corrected chi connectivity index (χ1v) is 11.7. The molecule has 1 saturated heterocycles. The van der Waals surface area contributed by atoms with Crippen LogP contribution in [0.2, 0.25) is 0 Å². The molecule has 0 radical (unpaired) electrons. The van der Waals surface area contributed by atoms with Crippen LogP contribution >= 0.6 is 0 Å². The van der Waals surface area contributed by atoms with Crippen molar-refractivity contribution in [3.63, 3.8) is 0 Å². The first-order valence-electron chi connectivity index (χ1n) is 10.2. The molecule has 0 aromatic heterocycles. The summed E-state index contributed by atoms with van der Waals surface area (Å²) in [6, 6.07) is 14.6. The molecule has 2 aromatic carbocycles. The molecule has 2 atom stereocenters. The van der Waals surface area contributed by atoms with Gasteiger partial charge in [0.25, 0.3) is 10.0 Å². The van der Waals surface area contributed by atoms with Gasteiger partial charge in [-0.25, -0.2) is 0 Å². The van der Waals surface area contributed by atoms with Crippen molar-refractivity contribution < 1.29 is 17.9 Å². The molecule has 0 spiro atoms. The van der Waals surface area contributed by atoms with E-state index in [-0.39, 0.29) is 22.8 Å². The molecule has 2 unspecified atom stereocenters. The number of nitrogens with zero attached hydrogens (tertiary/aromatic N) is 2. The van der Waals surface area contributed by atoms with Crippen molar-refractivity contribution in [3.8, 4) is 5.75 Å². The summed E-state index contributed by atoms with van der Waals surface area (Å²) in [5.74, 6) is 1.06. The van der Waals surface area contributed by atoms with E-state index < -0.39 is 10.0 Å². The summed E-state index contributed by atoms with van der Waals surface area (Å²) in [5, 5.41) is 3.19. The minimum Gasteiger partial charge on any atom is -0.493 e. The number of hydrogen-bond acceptors (Lipinski definition) is 5. The fraction of sp³-hybridized carbons (Fsp3) is 0.364. The molecule has 7 nitrogen and oxygen atoms in total. The molecule has 8 heteroatoms. The molecule has 3 aliphatic heterocycles. The molecule has 30 heavy (non-hydrogen) atoms. The lowest BCUT2D eigenvalue weighted by Crippen LogP contribution is -2.46. The van der Waals surface area contributed by atoms with Gasteiger partial charge >= 0.3 is 0 Å². The zero-order valence-corrected chi connectivity index (χ0v) is 17.3. The highest BCUT2D eigenvalue weighted by atomic mass is 32.2. The van der Waals surface area contributed by atoms with Crippen LogP contribution in [0.15, 0.2) is 57.8 Å². The summed E-state index contributed by atoms with van der Waals surface area (Å²) < 4.78 is 34.5. The van der Waals surface area contributed by atoms with Gasteiger partial charge in [0.15, 0.2) is 5.84 Å². The third-order valence-electron chi connectivity index (χ3n) is 5.98. The van der Waals surface area contributed by atoms with Crippen molar-refractivity contribution in [2.24, 2.45) is 10.3 Å². The number of amides is 1. The topological polar surface area (TPSA) is 88.1 Å². The van der Waals surface area contributed by atoms with E-state index in [1.54, 1.807) is 18.2 Å². The second-order valence-corrected chi connectivity index (χ2v) is 9.48. The normalized spacial score (nSPS) is 24.3. The quantitative estimate of drug-likeness (QED) is 0.799. The Morgan fingerprint density at radius 3 is 2.80 bits per heavy atom. The van der Waals surface area contributed by atoms with E-state index in [0.717, 1.165) is 30.6 Å². The van der Waals surface area contributed by atoms with Crippen molar-refractivity contribution in [2.75, 3.05) is 19.7 Å². The van der Waals surface area contributed by atoms with E-state index in [1.165, 1.54) is 0 Å². The molecular formula is C22H23N3O4S. The summed E-state index contributed by atoms with van der Waals surface area (Å²) in [6.07, 6.45) is 2.32. The SMILES string of the molecule is O=C(NC1CCOc2ccccc21)C1CCCN(C2=NS(=O)(=O)c3ccccc32)C1. The molecule has 156 valence electrons. The van der Waals surface area contributed by atoms with Gasteiger partial charge in [-0.2, -0.15) is 8.42 Å². The number of carbonyl (C=O) groups excluding carboxylic acids is 1. The van der Waals surface area contributed by atoms with Crippen LogP contribution in [0, 0.1) is 5.92 Å². The molecule has 0 aliphatic carbocycles. The van der Waals surface area contributed by atoms with E-state index in [0.29, 0.717) is 31.1 Å². The highest BCUT2D eigenvalue weighted by Gasteiger charge is 2.36. The van der Waals surface area contributed by atoms with Crippen LogP contribution in [0.4, 0.5) is 0 Å². The predicted molar refractivity (Wildman–Crippen MR) is 112 cm³/mol. The fourth-order valence-corrected chi connectivity index (χ4v) is 5.71. The zero-order valence-electron chi connectivity index (χ0n) is 16.5. The third kappa shape index (κ3) is 3.35. The second-order valence-electron chi connectivity index (χ2n) is 7.91. The van der Waals surface area contributed by atoms with Gasteiger partial charge in [-0.05, 0) is 31.0 Å². The lowest BCUT2D eigenvalue weighted by Gasteiger charge is -2.35. The molecule has 3 aliphatic rings. The molecule has 1 amide bonds. The summed E-state index contributed by atoms with van der Waals surface area (Å²) in [7, 11) is -3.67. The van der Waals surface area contributed by atoms with Crippen LogP contribution in [0.25, 0.3) is 0 Å². The average molecular weight is 426 g/mol. The third-order valence-corrected chi connectivity index (χ3v) is 7.30. The average Bonchev–Trinajstić information content (AvgIpc) is 3.05. The maximum Gasteiger partial charge on any atom is 0.285 e. The molecule has 3 heterocycles. The van der Waals surface area contributed by atoms with Gasteiger partial charge in [-0.3, -0.25) is 4.79 Å². The highest BCUT2D eigenvalue weighted by Crippen LogP contribution is 2.33. The molecule has 1 fully saturated rings. The number of amidine groups is 1. The van der Waals surface area contributed by atoms with Crippen LogP contribution in [-0.2, 0) is 14.8 Å². The molecular weight excluding hydrogens is 402 g/mol. The monoisotopic (exact) mass is 425 g/mol. The van der Waals surface area contributed by atoms with Crippen LogP contribution < -0.4 is 10.1 Å². The van der Waals surface area contributed by atoms with Gasteiger partial charge < -0.3 is 15.0 Å². The fourth-order valence-electron chi connectivity index (χ4n) is 4.48. The number of benzene rings is 2. The van der Waals surface area contributed by atoms with Crippen molar-refractivity contribution in [1.29, 1.82) is 0 Å². The lowest BCUT2D eigenvalue weighted by atomic mass is 9.94. The second kappa shape index (κ2) is 7.43. The first kappa shape index (κ1) is 19.1. The largest absolute Gasteiger partial charge is 0.493 e. The lowest BCUT2D eigenvalue weighted by molar-refractivity contribution is -0.127. The van der Waals surface area contributed by atoms with Gasteiger partial charge in [0.2, 0.25) is 5.91 Å². The number of rotatable bonds is 2. The van der Waals surface area contributed by atoms with Crippen LogP contribution in [0.5, 0.6) is 5.75 Å². The highest BCUT2D eigenvalue weighted by molar-refractivity contribution is 7.90. The summed E-state index contributed by atoms with van der Waals surface area (Å²) in [5.41, 5.74) is 1.63. The minimum atomic E-state index is -3.67. The summed E-state index contributed by atoms with van der Waals surface area (Å²) in [6.45, 7) is 1.72. The summed E-state index contributed by atoms with van der Waals surface area (Å²) >= 11 is 0. The molecule has 5 rings (SSSR count). The Kier molecular flexibility index (Phi) is 4.73. The first-order chi connectivity index (χ1) is 14.5. The van der Waals surface area contributed by atoms with E-state index in [2.05, 4.69) is 9.71 Å². The predicted octanol–water partition coefficient (Wildman–Crippen LogP) is 2.49. The summed E-state index contributed by atoms with van der Waals surface area (Å²) in [4.78, 5) is 15.3. The van der Waals surface area contributed by atoms with Gasteiger partial charge in [-0.15, -0.1) is 4.40 Å². The molecule has 2 aromatic rings. The molecule has 0 bridgehead atoms. The Labute approximate surface area is 175 Å². The van der Waals surface area contributed by atoms with Crippen LogP contribution in [-0.4, -0.2) is 44.8 Å². The standard InChI is InChI=1S/C22H23N3O4S/c26-22(23-18-11-13-29-19-9-3-1-7-16(18)19)15-6-5-12-25(14-15)21-17-8-2-4-10-20(17)30(27,28)24-21/h1-4,7-10,15,18H,5-6,11-14H2,(H,23,26). The Morgan fingerprint density at radius 2 is 1.90 bits per heavy atom. The number of ether oxygens (including phenoxy) is 1. The molecule has 1 N–H and O–H groups in total. The smallest absolute Gasteiger partial charge is 0.285 e. The number of hydrogen-bond donors (Lipinski definition) is 1. The number of fused-ring (bicyclic) bond motifs is 2.